The molecule has 0 aliphatic carbocycles. The van der Waals surface area contributed by atoms with E-state index in [2.05, 4.69) is 5.32 Å². The number of rotatable bonds is 4. The van der Waals surface area contributed by atoms with Gasteiger partial charge in [0, 0.05) is 16.0 Å². The van der Waals surface area contributed by atoms with Crippen molar-refractivity contribution < 1.29 is 9.13 Å². The van der Waals surface area contributed by atoms with Crippen LogP contribution in [-0.2, 0) is 10.2 Å². The Morgan fingerprint density at radius 3 is 2.81 bits per heavy atom. The molecular weight excluding hydrogens is 229 g/mol. The largest absolute Gasteiger partial charge is 0.379 e. The first-order valence-corrected chi connectivity index (χ1v) is 5.74. The lowest BCUT2D eigenvalue weighted by Crippen LogP contribution is -2.48. The fourth-order valence-electron chi connectivity index (χ4n) is 2.05. The van der Waals surface area contributed by atoms with Crippen LogP contribution in [0.25, 0.3) is 0 Å². The van der Waals surface area contributed by atoms with Crippen molar-refractivity contribution in [2.24, 2.45) is 0 Å². The molecule has 1 aromatic rings. The van der Waals surface area contributed by atoms with Gasteiger partial charge >= 0.3 is 0 Å². The van der Waals surface area contributed by atoms with Crippen LogP contribution in [-0.4, -0.2) is 26.8 Å². The zero-order valence-electron chi connectivity index (χ0n) is 9.22. The molecule has 0 atom stereocenters. The second-order valence-electron chi connectivity index (χ2n) is 4.25. The maximum Gasteiger partial charge on any atom is 0.127 e. The summed E-state index contributed by atoms with van der Waals surface area (Å²) in [6, 6.07) is 4.72. The van der Waals surface area contributed by atoms with Gasteiger partial charge in [-0.2, -0.15) is 0 Å². The molecule has 1 N–H and O–H groups in total. The fourth-order valence-corrected chi connectivity index (χ4v) is 2.22. The van der Waals surface area contributed by atoms with E-state index in [1.54, 1.807) is 12.1 Å². The summed E-state index contributed by atoms with van der Waals surface area (Å²) < 4.78 is 19.0. The molecule has 2 nitrogen and oxygen atoms in total. The van der Waals surface area contributed by atoms with Crippen molar-refractivity contribution in [3.8, 4) is 0 Å². The van der Waals surface area contributed by atoms with Crippen molar-refractivity contribution in [1.82, 2.24) is 5.32 Å². The SMILES string of the molecule is CNCCC1(c2cc(Cl)ccc2F)COC1. The van der Waals surface area contributed by atoms with Crippen molar-refractivity contribution in [3.05, 3.63) is 34.6 Å². The lowest BCUT2D eigenvalue weighted by atomic mass is 9.75. The molecule has 0 amide bonds. The molecule has 2 rings (SSSR count). The van der Waals surface area contributed by atoms with Crippen molar-refractivity contribution in [2.75, 3.05) is 26.8 Å². The normalized spacial score (nSPS) is 18.2. The average molecular weight is 244 g/mol. The second kappa shape index (κ2) is 4.70. The van der Waals surface area contributed by atoms with Gasteiger partial charge < -0.3 is 10.1 Å². The molecule has 1 aliphatic rings. The zero-order chi connectivity index (χ0) is 11.6. The molecule has 1 fully saturated rings. The van der Waals surface area contributed by atoms with Gasteiger partial charge in [-0.3, -0.25) is 0 Å². The highest BCUT2D eigenvalue weighted by Crippen LogP contribution is 2.38. The Hall–Kier alpha value is -0.640. The number of ether oxygens (including phenoxy) is 1. The number of halogens is 2. The summed E-state index contributed by atoms with van der Waals surface area (Å²) in [7, 11) is 1.89. The molecule has 1 saturated heterocycles. The van der Waals surface area contributed by atoms with Crippen LogP contribution in [0, 0.1) is 5.82 Å². The van der Waals surface area contributed by atoms with E-state index in [1.807, 2.05) is 7.05 Å². The zero-order valence-corrected chi connectivity index (χ0v) is 9.98. The van der Waals surface area contributed by atoms with Gasteiger partial charge in [-0.05, 0) is 38.2 Å². The van der Waals surface area contributed by atoms with Crippen LogP contribution < -0.4 is 5.32 Å². The summed E-state index contributed by atoms with van der Waals surface area (Å²) in [4.78, 5) is 0. The van der Waals surface area contributed by atoms with Crippen molar-refractivity contribution in [2.45, 2.75) is 11.8 Å². The highest BCUT2D eigenvalue weighted by Gasteiger charge is 2.41. The second-order valence-corrected chi connectivity index (χ2v) is 4.69. The van der Waals surface area contributed by atoms with Crippen LogP contribution in [0.4, 0.5) is 4.39 Å². The quantitative estimate of drug-likeness (QED) is 0.877. The van der Waals surface area contributed by atoms with E-state index >= 15 is 0 Å². The summed E-state index contributed by atoms with van der Waals surface area (Å²) in [5.74, 6) is -0.191. The third-order valence-corrected chi connectivity index (χ3v) is 3.35. The first-order chi connectivity index (χ1) is 7.68. The molecule has 4 heteroatoms. The van der Waals surface area contributed by atoms with Gasteiger partial charge in [0.2, 0.25) is 0 Å². The molecule has 1 heterocycles. The Bertz CT molecular complexity index is 379. The predicted octanol–water partition coefficient (Wildman–Crippen LogP) is 2.36. The minimum atomic E-state index is -0.196. The minimum Gasteiger partial charge on any atom is -0.379 e. The van der Waals surface area contributed by atoms with Crippen LogP contribution in [0.3, 0.4) is 0 Å². The van der Waals surface area contributed by atoms with Crippen LogP contribution >= 0.6 is 11.6 Å². The molecule has 16 heavy (non-hydrogen) atoms. The smallest absolute Gasteiger partial charge is 0.127 e. The molecule has 0 spiro atoms. The standard InChI is InChI=1S/C12H15ClFNO/c1-15-5-4-12(7-16-8-12)10-6-9(13)2-3-11(10)14/h2-3,6,15H,4-5,7-8H2,1H3. The van der Waals surface area contributed by atoms with Crippen LogP contribution in [0.15, 0.2) is 18.2 Å². The van der Waals surface area contributed by atoms with E-state index in [0.717, 1.165) is 13.0 Å². The van der Waals surface area contributed by atoms with Crippen molar-refractivity contribution in [1.29, 1.82) is 0 Å². The summed E-state index contributed by atoms with van der Waals surface area (Å²) in [6.07, 6.45) is 0.862. The molecule has 88 valence electrons. The average Bonchev–Trinajstić information content (AvgIpc) is 2.21. The third kappa shape index (κ3) is 2.08. The van der Waals surface area contributed by atoms with Gasteiger partial charge in [-0.15, -0.1) is 0 Å². The van der Waals surface area contributed by atoms with Crippen LogP contribution in [0.5, 0.6) is 0 Å². The molecule has 0 unspecified atom stereocenters. The first-order valence-electron chi connectivity index (χ1n) is 5.36. The molecular formula is C12H15ClFNO. The summed E-state index contributed by atoms with van der Waals surface area (Å²) >= 11 is 5.91. The summed E-state index contributed by atoms with van der Waals surface area (Å²) in [5.41, 5.74) is 0.486. The molecule has 0 aromatic heterocycles. The Morgan fingerprint density at radius 2 is 2.25 bits per heavy atom. The van der Waals surface area contributed by atoms with E-state index in [9.17, 15) is 4.39 Å². The molecule has 0 bridgehead atoms. The Morgan fingerprint density at radius 1 is 1.50 bits per heavy atom. The molecule has 0 radical (unpaired) electrons. The van der Waals surface area contributed by atoms with Gasteiger partial charge in [-0.1, -0.05) is 11.6 Å². The fraction of sp³-hybridized carbons (Fsp3) is 0.500. The van der Waals surface area contributed by atoms with Gasteiger partial charge in [0.15, 0.2) is 0 Å². The lowest BCUT2D eigenvalue weighted by molar-refractivity contribution is -0.0653. The summed E-state index contributed by atoms with van der Waals surface area (Å²) in [5, 5.41) is 3.66. The maximum absolute atomic E-state index is 13.8. The van der Waals surface area contributed by atoms with Crippen LogP contribution in [0.2, 0.25) is 5.02 Å². The number of hydrogen-bond acceptors (Lipinski definition) is 2. The van der Waals surface area contributed by atoms with Gasteiger partial charge in [0.05, 0.1) is 13.2 Å². The highest BCUT2D eigenvalue weighted by molar-refractivity contribution is 6.30. The third-order valence-electron chi connectivity index (χ3n) is 3.11. The van der Waals surface area contributed by atoms with E-state index < -0.39 is 0 Å². The van der Waals surface area contributed by atoms with E-state index in [-0.39, 0.29) is 11.2 Å². The molecule has 0 saturated carbocycles. The van der Waals surface area contributed by atoms with E-state index in [1.165, 1.54) is 6.07 Å². The Balaban J connectivity index is 2.28. The summed E-state index contributed by atoms with van der Waals surface area (Å²) in [6.45, 7) is 1.99. The Labute approximate surface area is 99.7 Å². The number of benzene rings is 1. The number of nitrogens with one attached hydrogen (secondary N) is 1. The van der Waals surface area contributed by atoms with Gasteiger partial charge in [-0.25, -0.2) is 4.39 Å². The first kappa shape index (κ1) is 11.8. The highest BCUT2D eigenvalue weighted by atomic mass is 35.5. The van der Waals surface area contributed by atoms with E-state index in [0.29, 0.717) is 23.8 Å². The molecule has 1 aromatic carbocycles. The number of hydrogen-bond donors (Lipinski definition) is 1. The van der Waals surface area contributed by atoms with Crippen molar-refractivity contribution in [3.63, 3.8) is 0 Å². The predicted molar refractivity (Wildman–Crippen MR) is 62.5 cm³/mol. The molecule has 1 aliphatic heterocycles. The van der Waals surface area contributed by atoms with Crippen LogP contribution in [0.1, 0.15) is 12.0 Å². The van der Waals surface area contributed by atoms with E-state index in [4.69, 9.17) is 16.3 Å². The lowest BCUT2D eigenvalue weighted by Gasteiger charge is -2.42. The topological polar surface area (TPSA) is 21.3 Å². The minimum absolute atomic E-state index is 0.191. The van der Waals surface area contributed by atoms with Gasteiger partial charge in [0.1, 0.15) is 5.82 Å². The monoisotopic (exact) mass is 243 g/mol. The van der Waals surface area contributed by atoms with Gasteiger partial charge in [0.25, 0.3) is 0 Å². The maximum atomic E-state index is 13.8. The Kier molecular flexibility index (Phi) is 3.47. The van der Waals surface area contributed by atoms with Crippen molar-refractivity contribution >= 4 is 11.6 Å².